The van der Waals surface area contributed by atoms with Crippen LogP contribution in [-0.4, -0.2) is 48.8 Å². The van der Waals surface area contributed by atoms with Crippen molar-refractivity contribution in [3.8, 4) is 0 Å². The van der Waals surface area contributed by atoms with Gasteiger partial charge in [-0.3, -0.25) is 4.68 Å². The fraction of sp³-hybridized carbons (Fsp3) is 0.769. The molecule has 0 amide bonds. The molecule has 1 aromatic rings. The zero-order valence-corrected chi connectivity index (χ0v) is 12.5. The number of aryl methyl sites for hydroxylation is 2. The summed E-state index contributed by atoms with van der Waals surface area (Å²) in [5, 5.41) is 8.52. The number of hydrogen-bond acceptors (Lipinski definition) is 4. The highest BCUT2D eigenvalue weighted by molar-refractivity contribution is 6.31. The van der Waals surface area contributed by atoms with Gasteiger partial charge >= 0.3 is 0 Å². The SMILES string of the molecule is CCc1nn(C)c(CC(NC)C2COCCO2)c1Cl. The molecule has 5 nitrogen and oxygen atoms in total. The molecule has 1 saturated heterocycles. The second-order valence-electron chi connectivity index (χ2n) is 4.77. The summed E-state index contributed by atoms with van der Waals surface area (Å²) in [4.78, 5) is 0. The second-order valence-corrected chi connectivity index (χ2v) is 5.15. The molecule has 1 aliphatic heterocycles. The molecule has 0 spiro atoms. The van der Waals surface area contributed by atoms with Crippen LogP contribution >= 0.6 is 11.6 Å². The molecular formula is C13H22ClN3O2. The van der Waals surface area contributed by atoms with Crippen LogP contribution in [0.1, 0.15) is 18.3 Å². The van der Waals surface area contributed by atoms with Gasteiger partial charge in [0.15, 0.2) is 0 Å². The van der Waals surface area contributed by atoms with Gasteiger partial charge in [-0.15, -0.1) is 0 Å². The van der Waals surface area contributed by atoms with Gasteiger partial charge in [0, 0.05) is 19.5 Å². The third kappa shape index (κ3) is 3.28. The predicted octanol–water partition coefficient (Wildman–Crippen LogP) is 1.18. The molecule has 0 aromatic carbocycles. The Morgan fingerprint density at radius 1 is 1.53 bits per heavy atom. The van der Waals surface area contributed by atoms with E-state index in [9.17, 15) is 0 Å². The van der Waals surface area contributed by atoms with Gasteiger partial charge in [-0.05, 0) is 13.5 Å². The molecule has 0 bridgehead atoms. The minimum Gasteiger partial charge on any atom is -0.376 e. The first-order chi connectivity index (χ1) is 9.17. The molecule has 2 atom stereocenters. The predicted molar refractivity (Wildman–Crippen MR) is 74.7 cm³/mol. The maximum Gasteiger partial charge on any atom is 0.0965 e. The number of nitrogens with zero attached hydrogens (tertiary/aromatic N) is 2. The summed E-state index contributed by atoms with van der Waals surface area (Å²) < 4.78 is 13.1. The Bertz CT molecular complexity index is 416. The maximum atomic E-state index is 6.39. The molecule has 1 aromatic heterocycles. The largest absolute Gasteiger partial charge is 0.376 e. The van der Waals surface area contributed by atoms with Gasteiger partial charge in [0.2, 0.25) is 0 Å². The summed E-state index contributed by atoms with van der Waals surface area (Å²) >= 11 is 6.39. The van der Waals surface area contributed by atoms with Crippen molar-refractivity contribution in [3.05, 3.63) is 16.4 Å². The third-order valence-electron chi connectivity index (χ3n) is 3.58. The van der Waals surface area contributed by atoms with E-state index in [1.54, 1.807) is 0 Å². The van der Waals surface area contributed by atoms with Crippen molar-refractivity contribution in [3.63, 3.8) is 0 Å². The molecule has 2 heterocycles. The van der Waals surface area contributed by atoms with Gasteiger partial charge in [0.1, 0.15) is 0 Å². The third-order valence-corrected chi connectivity index (χ3v) is 4.01. The minimum absolute atomic E-state index is 0.0646. The van der Waals surface area contributed by atoms with Crippen molar-refractivity contribution in [2.24, 2.45) is 7.05 Å². The van der Waals surface area contributed by atoms with E-state index < -0.39 is 0 Å². The molecule has 1 fully saturated rings. The summed E-state index contributed by atoms with van der Waals surface area (Å²) in [5.74, 6) is 0. The maximum absolute atomic E-state index is 6.39. The van der Waals surface area contributed by atoms with Crippen molar-refractivity contribution in [2.75, 3.05) is 26.9 Å². The number of aromatic nitrogens is 2. The average molecular weight is 288 g/mol. The molecule has 2 unspecified atom stereocenters. The Morgan fingerprint density at radius 2 is 2.32 bits per heavy atom. The Kier molecular flexibility index (Phi) is 5.21. The molecule has 1 aliphatic rings. The standard InChI is InChI=1S/C13H22ClN3O2/c1-4-9-13(14)11(17(3)16-9)7-10(15-2)12-8-18-5-6-19-12/h10,12,15H,4-8H2,1-3H3. The van der Waals surface area contributed by atoms with Crippen LogP contribution in [0.25, 0.3) is 0 Å². The molecule has 0 aliphatic carbocycles. The fourth-order valence-corrected chi connectivity index (χ4v) is 2.78. The topological polar surface area (TPSA) is 48.3 Å². The zero-order chi connectivity index (χ0) is 13.8. The van der Waals surface area contributed by atoms with E-state index in [-0.39, 0.29) is 12.1 Å². The molecule has 6 heteroatoms. The Morgan fingerprint density at radius 3 is 2.84 bits per heavy atom. The van der Waals surface area contributed by atoms with E-state index in [4.69, 9.17) is 21.1 Å². The lowest BCUT2D eigenvalue weighted by Crippen LogP contribution is -2.46. The summed E-state index contributed by atoms with van der Waals surface area (Å²) in [7, 11) is 3.87. The second kappa shape index (κ2) is 6.70. The number of halogens is 1. The molecule has 19 heavy (non-hydrogen) atoms. The zero-order valence-electron chi connectivity index (χ0n) is 11.8. The lowest BCUT2D eigenvalue weighted by molar-refractivity contribution is -0.101. The van der Waals surface area contributed by atoms with Gasteiger partial charge in [0.25, 0.3) is 0 Å². The first kappa shape index (κ1) is 14.8. The highest BCUT2D eigenvalue weighted by atomic mass is 35.5. The number of nitrogens with one attached hydrogen (secondary N) is 1. The molecule has 2 rings (SSSR count). The van der Waals surface area contributed by atoms with Crippen LogP contribution in [0.4, 0.5) is 0 Å². The van der Waals surface area contributed by atoms with Gasteiger partial charge in [0.05, 0.1) is 42.3 Å². The summed E-state index contributed by atoms with van der Waals surface area (Å²) in [6, 6.07) is 0.179. The van der Waals surface area contributed by atoms with Crippen LogP contribution < -0.4 is 5.32 Å². The Balaban J connectivity index is 2.11. The molecular weight excluding hydrogens is 266 g/mol. The van der Waals surface area contributed by atoms with E-state index in [1.807, 2.05) is 18.8 Å². The lowest BCUT2D eigenvalue weighted by atomic mass is 10.0. The van der Waals surface area contributed by atoms with Crippen molar-refractivity contribution < 1.29 is 9.47 Å². The van der Waals surface area contributed by atoms with E-state index in [0.29, 0.717) is 19.8 Å². The first-order valence-electron chi connectivity index (χ1n) is 6.74. The molecule has 0 saturated carbocycles. The monoisotopic (exact) mass is 287 g/mol. The fourth-order valence-electron chi connectivity index (χ4n) is 2.41. The van der Waals surface area contributed by atoms with E-state index in [0.717, 1.165) is 29.3 Å². The highest BCUT2D eigenvalue weighted by Gasteiger charge is 2.26. The molecule has 108 valence electrons. The quantitative estimate of drug-likeness (QED) is 0.884. The smallest absolute Gasteiger partial charge is 0.0965 e. The number of likely N-dealkylation sites (N-methyl/N-ethyl adjacent to an activating group) is 1. The minimum atomic E-state index is 0.0646. The van der Waals surface area contributed by atoms with Gasteiger partial charge in [-0.1, -0.05) is 18.5 Å². The van der Waals surface area contributed by atoms with Crippen LogP contribution in [0, 0.1) is 0 Å². The summed E-state index contributed by atoms with van der Waals surface area (Å²) in [5.41, 5.74) is 2.00. The van der Waals surface area contributed by atoms with E-state index in [1.165, 1.54) is 0 Å². The van der Waals surface area contributed by atoms with Crippen molar-refractivity contribution >= 4 is 11.6 Å². The highest BCUT2D eigenvalue weighted by Crippen LogP contribution is 2.23. The Hall–Kier alpha value is -0.620. The van der Waals surface area contributed by atoms with Gasteiger partial charge < -0.3 is 14.8 Å². The van der Waals surface area contributed by atoms with Crippen LogP contribution in [0.2, 0.25) is 5.02 Å². The normalized spacial score (nSPS) is 21.6. The average Bonchev–Trinajstić information content (AvgIpc) is 2.72. The van der Waals surface area contributed by atoms with E-state index >= 15 is 0 Å². The number of ether oxygens (including phenoxy) is 2. The van der Waals surface area contributed by atoms with E-state index in [2.05, 4.69) is 17.3 Å². The van der Waals surface area contributed by atoms with Crippen molar-refractivity contribution in [2.45, 2.75) is 31.9 Å². The van der Waals surface area contributed by atoms with Crippen molar-refractivity contribution in [1.82, 2.24) is 15.1 Å². The van der Waals surface area contributed by atoms with Crippen LogP contribution in [-0.2, 0) is 29.4 Å². The number of rotatable bonds is 5. The van der Waals surface area contributed by atoms with Gasteiger partial charge in [-0.2, -0.15) is 5.10 Å². The van der Waals surface area contributed by atoms with Crippen molar-refractivity contribution in [1.29, 1.82) is 0 Å². The molecule has 0 radical (unpaired) electrons. The lowest BCUT2D eigenvalue weighted by Gasteiger charge is -2.30. The van der Waals surface area contributed by atoms with Crippen LogP contribution in [0.5, 0.6) is 0 Å². The van der Waals surface area contributed by atoms with Crippen LogP contribution in [0.3, 0.4) is 0 Å². The van der Waals surface area contributed by atoms with Crippen LogP contribution in [0.15, 0.2) is 0 Å². The summed E-state index contributed by atoms with van der Waals surface area (Å²) in [6.45, 7) is 4.02. The summed E-state index contributed by atoms with van der Waals surface area (Å²) in [6.07, 6.45) is 1.70. The molecule has 1 N–H and O–H groups in total. The first-order valence-corrected chi connectivity index (χ1v) is 7.12. The van der Waals surface area contributed by atoms with Gasteiger partial charge in [-0.25, -0.2) is 0 Å². The Labute approximate surface area is 119 Å². The number of hydrogen-bond donors (Lipinski definition) is 1.